The van der Waals surface area contributed by atoms with Crippen molar-refractivity contribution in [3.63, 3.8) is 0 Å². The highest BCUT2D eigenvalue weighted by molar-refractivity contribution is 7.99. The highest BCUT2D eigenvalue weighted by atomic mass is 35.5. The zero-order chi connectivity index (χ0) is 24.0. The van der Waals surface area contributed by atoms with Crippen molar-refractivity contribution in [1.82, 2.24) is 5.32 Å². The first-order valence-electron chi connectivity index (χ1n) is 9.98. The van der Waals surface area contributed by atoms with Gasteiger partial charge in [0, 0.05) is 29.3 Å². The standard InChI is InChI=1S/C22H18Cl3F3N2O2S/c1-11-6-12(2-3-15(11)20(31)29-14-4-5-33-10-14)18-9-21(32-30-18,22(26,27)28)13-7-16(23)19(25)17(24)8-13/h2-3,6-8,14H,4-5,9-10H2,1H3,(H,29,31). The van der Waals surface area contributed by atoms with Crippen LogP contribution in [0.3, 0.4) is 0 Å². The van der Waals surface area contributed by atoms with Gasteiger partial charge in [-0.2, -0.15) is 24.9 Å². The fourth-order valence-electron chi connectivity index (χ4n) is 3.86. The zero-order valence-electron chi connectivity index (χ0n) is 17.2. The van der Waals surface area contributed by atoms with Crippen LogP contribution in [0.2, 0.25) is 15.1 Å². The van der Waals surface area contributed by atoms with E-state index in [4.69, 9.17) is 39.6 Å². The second-order valence-corrected chi connectivity index (χ2v) is 10.3. The monoisotopic (exact) mass is 536 g/mol. The molecule has 11 heteroatoms. The predicted octanol–water partition coefficient (Wildman–Crippen LogP) is 6.77. The van der Waals surface area contributed by atoms with E-state index in [1.807, 2.05) is 0 Å². The maximum Gasteiger partial charge on any atom is 0.435 e. The Hall–Kier alpha value is -1.61. The first-order chi connectivity index (χ1) is 15.5. The fraction of sp³-hybridized carbons (Fsp3) is 0.364. The highest BCUT2D eigenvalue weighted by Gasteiger charge is 2.62. The molecule has 1 amide bonds. The summed E-state index contributed by atoms with van der Waals surface area (Å²) < 4.78 is 42.7. The van der Waals surface area contributed by atoms with Crippen LogP contribution in [-0.4, -0.2) is 35.3 Å². The van der Waals surface area contributed by atoms with Crippen LogP contribution in [-0.2, 0) is 10.4 Å². The fourth-order valence-corrected chi connectivity index (χ4v) is 5.61. The van der Waals surface area contributed by atoms with Gasteiger partial charge in [-0.1, -0.05) is 46.0 Å². The summed E-state index contributed by atoms with van der Waals surface area (Å²) in [7, 11) is 0. The Morgan fingerprint density at radius 1 is 1.21 bits per heavy atom. The largest absolute Gasteiger partial charge is 0.435 e. The summed E-state index contributed by atoms with van der Waals surface area (Å²) in [6.07, 6.45) is -4.48. The third-order valence-corrected chi connectivity index (χ3v) is 8.06. The molecule has 1 saturated heterocycles. The van der Waals surface area contributed by atoms with E-state index in [0.717, 1.165) is 30.1 Å². The van der Waals surface area contributed by atoms with E-state index in [2.05, 4.69) is 10.5 Å². The number of amides is 1. The highest BCUT2D eigenvalue weighted by Crippen LogP contribution is 2.50. The molecule has 1 fully saturated rings. The number of halogens is 6. The van der Waals surface area contributed by atoms with E-state index in [0.29, 0.717) is 16.7 Å². The predicted molar refractivity (Wildman–Crippen MR) is 126 cm³/mol. The number of hydrogen-bond acceptors (Lipinski definition) is 4. The van der Waals surface area contributed by atoms with Crippen LogP contribution < -0.4 is 5.32 Å². The number of oxime groups is 1. The van der Waals surface area contributed by atoms with Gasteiger partial charge in [-0.15, -0.1) is 0 Å². The lowest BCUT2D eigenvalue weighted by Crippen LogP contribution is -2.42. The number of nitrogens with zero attached hydrogens (tertiary/aromatic N) is 1. The molecule has 4 rings (SSSR count). The molecule has 0 saturated carbocycles. The van der Waals surface area contributed by atoms with Crippen molar-refractivity contribution >= 4 is 58.2 Å². The van der Waals surface area contributed by atoms with E-state index in [1.54, 1.807) is 36.9 Å². The van der Waals surface area contributed by atoms with Gasteiger partial charge in [0.05, 0.1) is 20.8 Å². The van der Waals surface area contributed by atoms with Crippen LogP contribution in [0.15, 0.2) is 35.5 Å². The number of carbonyl (C=O) groups excluding carboxylic acids is 1. The van der Waals surface area contributed by atoms with Crippen molar-refractivity contribution in [1.29, 1.82) is 0 Å². The molecule has 33 heavy (non-hydrogen) atoms. The van der Waals surface area contributed by atoms with Gasteiger partial charge in [0.1, 0.15) is 0 Å². The smallest absolute Gasteiger partial charge is 0.374 e. The molecule has 2 atom stereocenters. The SMILES string of the molecule is Cc1cc(C2=NOC(c3cc(Cl)c(Cl)c(Cl)c3)(C(F)(F)F)C2)ccc1C(=O)NC1CCSC1. The molecule has 2 unspecified atom stereocenters. The van der Waals surface area contributed by atoms with Gasteiger partial charge >= 0.3 is 6.18 Å². The van der Waals surface area contributed by atoms with E-state index < -0.39 is 18.2 Å². The summed E-state index contributed by atoms with van der Waals surface area (Å²) >= 11 is 19.6. The maximum atomic E-state index is 14.2. The topological polar surface area (TPSA) is 50.7 Å². The number of hydrogen-bond donors (Lipinski definition) is 1. The van der Waals surface area contributed by atoms with Crippen molar-refractivity contribution < 1.29 is 22.8 Å². The Morgan fingerprint density at radius 2 is 1.91 bits per heavy atom. The summed E-state index contributed by atoms with van der Waals surface area (Å²) in [4.78, 5) is 17.6. The maximum absolute atomic E-state index is 14.2. The molecule has 2 aromatic rings. The molecule has 0 radical (unpaired) electrons. The van der Waals surface area contributed by atoms with Gasteiger partial charge in [0.15, 0.2) is 0 Å². The van der Waals surface area contributed by atoms with Gasteiger partial charge in [-0.05, 0) is 54.5 Å². The first kappa shape index (κ1) is 24.5. The van der Waals surface area contributed by atoms with Crippen LogP contribution >= 0.6 is 46.6 Å². The van der Waals surface area contributed by atoms with Gasteiger partial charge in [-0.25, -0.2) is 0 Å². The lowest BCUT2D eigenvalue weighted by molar-refractivity contribution is -0.275. The number of benzene rings is 2. The Balaban J connectivity index is 1.61. The minimum Gasteiger partial charge on any atom is -0.374 e. The van der Waals surface area contributed by atoms with Gasteiger partial charge < -0.3 is 10.2 Å². The molecule has 2 aliphatic rings. The van der Waals surface area contributed by atoms with E-state index in [1.165, 1.54) is 0 Å². The second-order valence-electron chi connectivity index (χ2n) is 7.95. The quantitative estimate of drug-likeness (QED) is 0.438. The average molecular weight is 538 g/mol. The molecule has 2 aromatic carbocycles. The third kappa shape index (κ3) is 4.67. The van der Waals surface area contributed by atoms with Crippen molar-refractivity contribution in [2.24, 2.45) is 5.16 Å². The molecule has 0 bridgehead atoms. The van der Waals surface area contributed by atoms with Crippen LogP contribution in [0.25, 0.3) is 0 Å². The Bertz CT molecular complexity index is 1110. The summed E-state index contributed by atoms with van der Waals surface area (Å²) in [5.41, 5.74) is -1.44. The molecule has 2 aliphatic heterocycles. The molecule has 176 valence electrons. The average Bonchev–Trinajstić information content (AvgIpc) is 3.41. The summed E-state index contributed by atoms with van der Waals surface area (Å²) in [6, 6.07) is 7.09. The van der Waals surface area contributed by atoms with Crippen LogP contribution in [0, 0.1) is 6.92 Å². The Labute approximate surface area is 207 Å². The van der Waals surface area contributed by atoms with E-state index in [9.17, 15) is 18.0 Å². The number of carbonyl (C=O) groups is 1. The molecule has 2 heterocycles. The zero-order valence-corrected chi connectivity index (χ0v) is 20.3. The minimum atomic E-state index is -4.81. The van der Waals surface area contributed by atoms with Crippen molar-refractivity contribution in [3.8, 4) is 0 Å². The van der Waals surface area contributed by atoms with Gasteiger partial charge in [-0.3, -0.25) is 4.79 Å². The summed E-state index contributed by atoms with van der Waals surface area (Å²) in [6.45, 7) is 1.73. The van der Waals surface area contributed by atoms with E-state index >= 15 is 0 Å². The summed E-state index contributed by atoms with van der Waals surface area (Å²) in [5, 5.41) is 6.47. The van der Waals surface area contributed by atoms with Gasteiger partial charge in [0.25, 0.3) is 11.5 Å². The number of alkyl halides is 3. The third-order valence-electron chi connectivity index (χ3n) is 5.71. The molecular formula is C22H18Cl3F3N2O2S. The number of nitrogens with one attached hydrogen (secondary N) is 1. The van der Waals surface area contributed by atoms with Crippen molar-refractivity contribution in [2.45, 2.75) is 37.6 Å². The van der Waals surface area contributed by atoms with Crippen molar-refractivity contribution in [2.75, 3.05) is 11.5 Å². The van der Waals surface area contributed by atoms with Crippen molar-refractivity contribution in [3.05, 3.63) is 67.7 Å². The first-order valence-corrected chi connectivity index (χ1v) is 12.3. The molecule has 0 aliphatic carbocycles. The summed E-state index contributed by atoms with van der Waals surface area (Å²) in [5.74, 6) is 1.68. The van der Waals surface area contributed by atoms with Crippen LogP contribution in [0.1, 0.15) is 39.9 Å². The normalized spacial score (nSPS) is 22.8. The Kier molecular flexibility index (Phi) is 6.84. The number of aryl methyl sites for hydroxylation is 1. The lowest BCUT2D eigenvalue weighted by atomic mass is 9.86. The molecular weight excluding hydrogens is 520 g/mol. The Morgan fingerprint density at radius 3 is 2.48 bits per heavy atom. The molecule has 0 aromatic heterocycles. The van der Waals surface area contributed by atoms with E-state index in [-0.39, 0.29) is 38.3 Å². The molecule has 4 nitrogen and oxygen atoms in total. The second kappa shape index (κ2) is 9.21. The van der Waals surface area contributed by atoms with Gasteiger partial charge in [0.2, 0.25) is 0 Å². The molecule has 1 N–H and O–H groups in total. The van der Waals surface area contributed by atoms with Crippen LogP contribution in [0.5, 0.6) is 0 Å². The lowest BCUT2D eigenvalue weighted by Gasteiger charge is -2.30. The number of thioether (sulfide) groups is 1. The molecule has 0 spiro atoms. The number of rotatable bonds is 4. The minimum absolute atomic E-state index is 0.0424. The van der Waals surface area contributed by atoms with Crippen LogP contribution in [0.4, 0.5) is 13.2 Å².